The molecule has 0 amide bonds. The van der Waals surface area contributed by atoms with E-state index < -0.39 is 16.0 Å². The number of sulfonamides is 1. The van der Waals surface area contributed by atoms with Crippen LogP contribution in [-0.2, 0) is 26.0 Å². The molecule has 0 fully saturated rings. The fourth-order valence-corrected chi connectivity index (χ4v) is 4.25. The van der Waals surface area contributed by atoms with Crippen molar-refractivity contribution in [2.45, 2.75) is 6.42 Å². The molecule has 0 spiro atoms. The number of carbonyl (C=O) groups excluding carboxylic acids is 1. The fourth-order valence-electron chi connectivity index (χ4n) is 2.89. The van der Waals surface area contributed by atoms with E-state index >= 15 is 0 Å². The number of fused-ring (bicyclic) bond motifs is 2. The molecule has 9 heteroatoms. The third kappa shape index (κ3) is 3.84. The Morgan fingerprint density at radius 2 is 2.19 bits per heavy atom. The summed E-state index contributed by atoms with van der Waals surface area (Å²) in [6.45, 7) is 0.373. The molecule has 0 N–H and O–H groups in total. The van der Waals surface area contributed by atoms with Crippen molar-refractivity contribution in [2.24, 2.45) is 4.40 Å². The number of ether oxygens (including phenoxy) is 1. The summed E-state index contributed by atoms with van der Waals surface area (Å²) in [5.41, 5.74) is 0.895. The second kappa shape index (κ2) is 6.97. The van der Waals surface area contributed by atoms with E-state index in [-0.39, 0.29) is 30.3 Å². The second-order valence-corrected chi connectivity index (χ2v) is 8.77. The first kappa shape index (κ1) is 18.0. The minimum atomic E-state index is -3.56. The number of benzene rings is 1. The van der Waals surface area contributed by atoms with Crippen LogP contribution in [0.5, 0.6) is 0 Å². The van der Waals surface area contributed by atoms with Crippen molar-refractivity contribution >= 4 is 48.7 Å². The van der Waals surface area contributed by atoms with Crippen molar-refractivity contribution in [3.8, 4) is 0 Å². The maximum Gasteiger partial charge on any atom is 0.341 e. The van der Waals surface area contributed by atoms with Gasteiger partial charge >= 0.3 is 5.97 Å². The number of hydrogen-bond donors (Lipinski definition) is 0. The first-order valence-corrected chi connectivity index (χ1v) is 10.6. The molecule has 0 saturated carbocycles. The Morgan fingerprint density at radius 1 is 1.33 bits per heavy atom. The van der Waals surface area contributed by atoms with Gasteiger partial charge in [-0.25, -0.2) is 13.2 Å². The second-order valence-electron chi connectivity index (χ2n) is 6.10. The number of hydrogen-bond acceptors (Lipinski definition) is 6. The molecule has 1 aromatic heterocycles. The minimum absolute atomic E-state index is 0.0780. The van der Waals surface area contributed by atoms with E-state index in [1.54, 1.807) is 17.2 Å². The molecule has 0 saturated heterocycles. The highest BCUT2D eigenvalue weighted by Gasteiger charge is 2.30. The van der Waals surface area contributed by atoms with Gasteiger partial charge in [0.15, 0.2) is 5.84 Å². The number of carbonyl (C=O) groups is 1. The zero-order chi connectivity index (χ0) is 19.0. The van der Waals surface area contributed by atoms with Gasteiger partial charge in [0.25, 0.3) is 10.0 Å². The predicted molar refractivity (Wildman–Crippen MR) is 104 cm³/mol. The number of esters is 1. The van der Waals surface area contributed by atoms with E-state index in [0.29, 0.717) is 12.2 Å². The Morgan fingerprint density at radius 3 is 3.04 bits per heavy atom. The zero-order valence-corrected chi connectivity index (χ0v) is 16.5. The SMILES string of the molecule is O=C(OCCc1cc2cc(Br)ccc2o1)C1=CC=CN2CCS(=O)(=O)N=C12. The van der Waals surface area contributed by atoms with Crippen molar-refractivity contribution in [1.82, 2.24) is 4.90 Å². The van der Waals surface area contributed by atoms with Crippen molar-refractivity contribution < 1.29 is 22.4 Å². The van der Waals surface area contributed by atoms with Gasteiger partial charge in [0.2, 0.25) is 0 Å². The lowest BCUT2D eigenvalue weighted by atomic mass is 10.1. The highest BCUT2D eigenvalue weighted by Crippen LogP contribution is 2.24. The highest BCUT2D eigenvalue weighted by molar-refractivity contribution is 9.10. The lowest BCUT2D eigenvalue weighted by molar-refractivity contribution is -0.138. The van der Waals surface area contributed by atoms with Gasteiger partial charge in [0.1, 0.15) is 16.9 Å². The van der Waals surface area contributed by atoms with E-state index in [1.807, 2.05) is 24.3 Å². The standard InChI is InChI=1S/C18H15BrN2O5S/c19-13-3-4-16-12(10-13)11-14(26-16)5-8-25-18(22)15-2-1-6-21-7-9-27(23,24)20-17(15)21/h1-4,6,10-11H,5,7-9H2. The largest absolute Gasteiger partial charge is 0.462 e. The summed E-state index contributed by atoms with van der Waals surface area (Å²) >= 11 is 3.41. The summed E-state index contributed by atoms with van der Waals surface area (Å²) < 4.78 is 39.2. The Kier molecular flexibility index (Phi) is 4.65. The molecular formula is C18H15BrN2O5S. The minimum Gasteiger partial charge on any atom is -0.462 e. The average molecular weight is 451 g/mol. The Bertz CT molecular complexity index is 1110. The maximum absolute atomic E-state index is 12.4. The van der Waals surface area contributed by atoms with Crippen molar-refractivity contribution in [3.63, 3.8) is 0 Å². The number of rotatable bonds is 4. The first-order chi connectivity index (χ1) is 12.9. The van der Waals surface area contributed by atoms with Gasteiger partial charge in [-0.3, -0.25) is 0 Å². The number of halogens is 1. The van der Waals surface area contributed by atoms with Gasteiger partial charge in [-0.2, -0.15) is 0 Å². The van der Waals surface area contributed by atoms with Crippen LogP contribution < -0.4 is 0 Å². The smallest absolute Gasteiger partial charge is 0.341 e. The highest BCUT2D eigenvalue weighted by atomic mass is 79.9. The van der Waals surface area contributed by atoms with Crippen LogP contribution in [0, 0.1) is 0 Å². The van der Waals surface area contributed by atoms with Crippen molar-refractivity contribution in [2.75, 3.05) is 18.9 Å². The van der Waals surface area contributed by atoms with E-state index in [0.717, 1.165) is 15.4 Å². The van der Waals surface area contributed by atoms with Crippen molar-refractivity contribution in [3.05, 3.63) is 58.4 Å². The molecule has 7 nitrogen and oxygen atoms in total. The van der Waals surface area contributed by atoms with Gasteiger partial charge in [0, 0.05) is 29.0 Å². The van der Waals surface area contributed by atoms with Gasteiger partial charge < -0.3 is 14.1 Å². The molecule has 1 aromatic carbocycles. The number of allylic oxidation sites excluding steroid dienone is 2. The number of nitrogens with zero attached hydrogens (tertiary/aromatic N) is 2. The summed E-state index contributed by atoms with van der Waals surface area (Å²) in [6.07, 6.45) is 5.29. The molecule has 0 aliphatic carbocycles. The Hall–Kier alpha value is -2.39. The summed E-state index contributed by atoms with van der Waals surface area (Å²) in [4.78, 5) is 14.0. The summed E-state index contributed by atoms with van der Waals surface area (Å²) in [5, 5.41) is 0.961. The van der Waals surface area contributed by atoms with E-state index in [2.05, 4.69) is 20.3 Å². The fraction of sp³-hybridized carbons (Fsp3) is 0.222. The van der Waals surface area contributed by atoms with E-state index in [4.69, 9.17) is 9.15 Å². The third-order valence-electron chi connectivity index (χ3n) is 4.19. The Labute approximate surface area is 164 Å². The Balaban J connectivity index is 1.43. The molecule has 2 aromatic rings. The van der Waals surface area contributed by atoms with Crippen LogP contribution in [0.2, 0.25) is 0 Å². The molecular weight excluding hydrogens is 436 g/mol. The molecule has 140 valence electrons. The topological polar surface area (TPSA) is 89.2 Å². The summed E-state index contributed by atoms with van der Waals surface area (Å²) in [7, 11) is -3.56. The molecule has 0 radical (unpaired) electrons. The molecule has 27 heavy (non-hydrogen) atoms. The normalized spacial score (nSPS) is 18.0. The van der Waals surface area contributed by atoms with Crippen LogP contribution in [0.3, 0.4) is 0 Å². The number of amidine groups is 1. The van der Waals surface area contributed by atoms with Gasteiger partial charge in [-0.1, -0.05) is 15.9 Å². The quantitative estimate of drug-likeness (QED) is 0.665. The van der Waals surface area contributed by atoms with Crippen LogP contribution in [0.1, 0.15) is 5.76 Å². The first-order valence-electron chi connectivity index (χ1n) is 8.24. The van der Waals surface area contributed by atoms with E-state index in [9.17, 15) is 13.2 Å². The molecule has 2 aliphatic heterocycles. The zero-order valence-electron chi connectivity index (χ0n) is 14.1. The molecule has 3 heterocycles. The summed E-state index contributed by atoms with van der Waals surface area (Å²) in [6, 6.07) is 7.60. The molecule has 4 rings (SSSR count). The maximum atomic E-state index is 12.4. The number of furan rings is 1. The van der Waals surface area contributed by atoms with Gasteiger partial charge in [-0.05, 0) is 36.4 Å². The van der Waals surface area contributed by atoms with Crippen LogP contribution >= 0.6 is 15.9 Å². The lowest BCUT2D eigenvalue weighted by Gasteiger charge is -2.28. The molecule has 2 aliphatic rings. The van der Waals surface area contributed by atoms with E-state index in [1.165, 1.54) is 6.08 Å². The van der Waals surface area contributed by atoms with Crippen LogP contribution in [0.4, 0.5) is 0 Å². The molecule has 0 unspecified atom stereocenters. The van der Waals surface area contributed by atoms with Crippen LogP contribution in [-0.4, -0.2) is 44.0 Å². The lowest BCUT2D eigenvalue weighted by Crippen LogP contribution is -2.40. The van der Waals surface area contributed by atoms with Crippen LogP contribution in [0.15, 0.2) is 61.5 Å². The third-order valence-corrected chi connectivity index (χ3v) is 5.83. The van der Waals surface area contributed by atoms with Crippen LogP contribution in [0.25, 0.3) is 11.0 Å². The molecule has 0 atom stereocenters. The monoisotopic (exact) mass is 450 g/mol. The average Bonchev–Trinajstić information content (AvgIpc) is 3.02. The molecule has 0 bridgehead atoms. The summed E-state index contributed by atoms with van der Waals surface area (Å²) in [5.74, 6) is 0.125. The predicted octanol–water partition coefficient (Wildman–Crippen LogP) is 2.78. The van der Waals surface area contributed by atoms with Gasteiger partial charge in [0.05, 0.1) is 12.4 Å². The van der Waals surface area contributed by atoms with Crippen molar-refractivity contribution in [1.29, 1.82) is 0 Å². The van der Waals surface area contributed by atoms with Gasteiger partial charge in [-0.15, -0.1) is 4.40 Å².